The van der Waals surface area contributed by atoms with Crippen molar-refractivity contribution in [3.05, 3.63) is 0 Å². The summed E-state index contributed by atoms with van der Waals surface area (Å²) in [6.45, 7) is 3.11. The smallest absolute Gasteiger partial charge is 0.309 e. The molecule has 0 radical (unpaired) electrons. The van der Waals surface area contributed by atoms with E-state index in [1.165, 1.54) is 6.92 Å². The van der Waals surface area contributed by atoms with E-state index in [4.69, 9.17) is 4.74 Å². The Balaban J connectivity index is 2.67. The van der Waals surface area contributed by atoms with Crippen LogP contribution in [0.25, 0.3) is 0 Å². The van der Waals surface area contributed by atoms with E-state index in [-0.39, 0.29) is 19.4 Å². The van der Waals surface area contributed by atoms with Gasteiger partial charge in [-0.25, -0.2) is 0 Å². The lowest BCUT2D eigenvalue weighted by Gasteiger charge is -2.25. The molecule has 1 aliphatic carbocycles. The van der Waals surface area contributed by atoms with Gasteiger partial charge in [0.05, 0.1) is 12.5 Å². The standard InChI is InChI=1S/C11H15NO5/c1-3-17-11(16)7-4-8(14)10(9(15)5-7)12-6(2)13/h7,10H,3-5H2,1-2H3,(H,12,13). The first-order chi connectivity index (χ1) is 7.95. The van der Waals surface area contributed by atoms with Crippen molar-refractivity contribution < 1.29 is 23.9 Å². The van der Waals surface area contributed by atoms with Crippen molar-refractivity contribution in [2.75, 3.05) is 6.61 Å². The van der Waals surface area contributed by atoms with Crippen molar-refractivity contribution >= 4 is 23.4 Å². The molecular formula is C11H15NO5. The minimum Gasteiger partial charge on any atom is -0.466 e. The van der Waals surface area contributed by atoms with Crippen LogP contribution in [-0.4, -0.2) is 36.1 Å². The molecule has 0 heterocycles. The molecule has 6 heteroatoms. The fourth-order valence-electron chi connectivity index (χ4n) is 1.76. The molecule has 6 nitrogen and oxygen atoms in total. The van der Waals surface area contributed by atoms with Crippen molar-refractivity contribution in [1.29, 1.82) is 0 Å². The zero-order chi connectivity index (χ0) is 13.0. The SMILES string of the molecule is CCOC(=O)C1CC(=O)C(NC(C)=O)C(=O)C1. The third-order valence-corrected chi connectivity index (χ3v) is 2.51. The third kappa shape index (κ3) is 3.37. The fourth-order valence-corrected chi connectivity index (χ4v) is 1.76. The van der Waals surface area contributed by atoms with Crippen LogP contribution < -0.4 is 5.32 Å². The average molecular weight is 241 g/mol. The summed E-state index contributed by atoms with van der Waals surface area (Å²) < 4.78 is 4.76. The molecule has 0 saturated heterocycles. The molecule has 0 unspecified atom stereocenters. The molecule has 0 aliphatic heterocycles. The number of rotatable bonds is 3. The predicted molar refractivity (Wildman–Crippen MR) is 57.0 cm³/mol. The largest absolute Gasteiger partial charge is 0.466 e. The van der Waals surface area contributed by atoms with Gasteiger partial charge in [0, 0.05) is 19.8 Å². The van der Waals surface area contributed by atoms with Crippen LogP contribution in [0.3, 0.4) is 0 Å². The van der Waals surface area contributed by atoms with Crippen molar-refractivity contribution in [3.8, 4) is 0 Å². The molecule has 1 amide bonds. The molecule has 1 aliphatic rings. The van der Waals surface area contributed by atoms with Gasteiger partial charge in [-0.15, -0.1) is 0 Å². The van der Waals surface area contributed by atoms with Crippen LogP contribution in [0.5, 0.6) is 0 Å². The molecule has 0 aromatic rings. The maximum absolute atomic E-state index is 11.6. The molecule has 0 aromatic heterocycles. The summed E-state index contributed by atoms with van der Waals surface area (Å²) >= 11 is 0. The first kappa shape index (κ1) is 13.3. The van der Waals surface area contributed by atoms with Gasteiger partial charge in [0.2, 0.25) is 5.91 Å². The molecule has 17 heavy (non-hydrogen) atoms. The summed E-state index contributed by atoms with van der Waals surface area (Å²) in [5.41, 5.74) is 0. The summed E-state index contributed by atoms with van der Waals surface area (Å²) in [5, 5.41) is 2.28. The van der Waals surface area contributed by atoms with Crippen LogP contribution in [0, 0.1) is 5.92 Å². The van der Waals surface area contributed by atoms with E-state index in [9.17, 15) is 19.2 Å². The topological polar surface area (TPSA) is 89.5 Å². The van der Waals surface area contributed by atoms with Crippen molar-refractivity contribution in [1.82, 2.24) is 5.32 Å². The second-order valence-electron chi connectivity index (χ2n) is 3.92. The van der Waals surface area contributed by atoms with Gasteiger partial charge in [0.15, 0.2) is 11.6 Å². The van der Waals surface area contributed by atoms with E-state index in [2.05, 4.69) is 5.32 Å². The maximum Gasteiger partial charge on any atom is 0.309 e. The molecule has 1 saturated carbocycles. The van der Waals surface area contributed by atoms with Gasteiger partial charge in [-0.3, -0.25) is 19.2 Å². The van der Waals surface area contributed by atoms with Gasteiger partial charge in [-0.2, -0.15) is 0 Å². The first-order valence-corrected chi connectivity index (χ1v) is 5.44. The van der Waals surface area contributed by atoms with E-state index in [1.807, 2.05) is 0 Å². The Bertz CT molecular complexity index is 345. The minimum atomic E-state index is -1.10. The minimum absolute atomic E-state index is 0.0600. The molecule has 1 N–H and O–H groups in total. The number of Topliss-reactive ketones (excluding diaryl/α,β-unsaturated/α-hetero) is 2. The van der Waals surface area contributed by atoms with Crippen molar-refractivity contribution in [3.63, 3.8) is 0 Å². The normalized spacial score (nSPS) is 24.4. The van der Waals surface area contributed by atoms with E-state index < -0.39 is 35.4 Å². The number of hydrogen-bond donors (Lipinski definition) is 1. The van der Waals surface area contributed by atoms with Gasteiger partial charge >= 0.3 is 5.97 Å². The second kappa shape index (κ2) is 5.56. The molecular weight excluding hydrogens is 226 g/mol. The Kier molecular flexibility index (Phi) is 4.37. The highest BCUT2D eigenvalue weighted by atomic mass is 16.5. The highest BCUT2D eigenvalue weighted by Gasteiger charge is 2.39. The lowest BCUT2D eigenvalue weighted by Crippen LogP contribution is -2.50. The highest BCUT2D eigenvalue weighted by molar-refractivity contribution is 6.12. The van der Waals surface area contributed by atoms with Crippen LogP contribution in [0.4, 0.5) is 0 Å². The highest BCUT2D eigenvalue weighted by Crippen LogP contribution is 2.20. The summed E-state index contributed by atoms with van der Waals surface area (Å²) in [7, 11) is 0. The zero-order valence-electron chi connectivity index (χ0n) is 9.82. The Morgan fingerprint density at radius 3 is 2.24 bits per heavy atom. The Morgan fingerprint density at radius 2 is 1.82 bits per heavy atom. The number of carbonyl (C=O) groups is 4. The summed E-state index contributed by atoms with van der Waals surface area (Å²) in [6, 6.07) is -1.10. The fraction of sp³-hybridized carbons (Fsp3) is 0.636. The Labute approximate surface area is 98.7 Å². The number of carbonyl (C=O) groups excluding carboxylic acids is 4. The van der Waals surface area contributed by atoms with Crippen LogP contribution in [-0.2, 0) is 23.9 Å². The Morgan fingerprint density at radius 1 is 1.29 bits per heavy atom. The number of ether oxygens (including phenoxy) is 1. The molecule has 0 bridgehead atoms. The third-order valence-electron chi connectivity index (χ3n) is 2.51. The lowest BCUT2D eigenvalue weighted by molar-refractivity contribution is -0.154. The van der Waals surface area contributed by atoms with Gasteiger partial charge in [-0.05, 0) is 6.92 Å². The summed E-state index contributed by atoms with van der Waals surface area (Å²) in [4.78, 5) is 45.4. The number of ketones is 2. The van der Waals surface area contributed by atoms with Gasteiger partial charge in [-0.1, -0.05) is 0 Å². The van der Waals surface area contributed by atoms with Gasteiger partial charge in [0.25, 0.3) is 0 Å². The number of nitrogens with one attached hydrogen (secondary N) is 1. The van der Waals surface area contributed by atoms with Gasteiger partial charge < -0.3 is 10.1 Å². The van der Waals surface area contributed by atoms with Crippen LogP contribution >= 0.6 is 0 Å². The summed E-state index contributed by atoms with van der Waals surface area (Å²) in [6.07, 6.45) is -0.120. The first-order valence-electron chi connectivity index (χ1n) is 5.44. The van der Waals surface area contributed by atoms with Crippen molar-refractivity contribution in [2.24, 2.45) is 5.92 Å². The zero-order valence-corrected chi connectivity index (χ0v) is 9.82. The monoisotopic (exact) mass is 241 g/mol. The van der Waals surface area contributed by atoms with E-state index >= 15 is 0 Å². The quantitative estimate of drug-likeness (QED) is 0.536. The second-order valence-corrected chi connectivity index (χ2v) is 3.92. The van der Waals surface area contributed by atoms with Gasteiger partial charge in [0.1, 0.15) is 6.04 Å². The van der Waals surface area contributed by atoms with Crippen LogP contribution in [0.2, 0.25) is 0 Å². The molecule has 1 rings (SSSR count). The van der Waals surface area contributed by atoms with Crippen molar-refractivity contribution in [2.45, 2.75) is 32.7 Å². The summed E-state index contributed by atoms with van der Waals surface area (Å²) in [5.74, 6) is -2.55. The number of amides is 1. The Hall–Kier alpha value is -1.72. The predicted octanol–water partition coefficient (Wildman–Crippen LogP) is -0.398. The molecule has 94 valence electrons. The molecule has 0 aromatic carbocycles. The van der Waals surface area contributed by atoms with Crippen LogP contribution in [0.1, 0.15) is 26.7 Å². The van der Waals surface area contributed by atoms with E-state index in [1.54, 1.807) is 6.92 Å². The maximum atomic E-state index is 11.6. The number of esters is 1. The molecule has 0 atom stereocenters. The average Bonchev–Trinajstić information content (AvgIpc) is 2.23. The number of hydrogen-bond acceptors (Lipinski definition) is 5. The molecule has 1 fully saturated rings. The van der Waals surface area contributed by atoms with Crippen LogP contribution in [0.15, 0.2) is 0 Å². The van der Waals surface area contributed by atoms with E-state index in [0.717, 1.165) is 0 Å². The van der Waals surface area contributed by atoms with E-state index in [0.29, 0.717) is 0 Å². The lowest BCUT2D eigenvalue weighted by atomic mass is 9.84. The molecule has 0 spiro atoms.